The van der Waals surface area contributed by atoms with E-state index in [1.54, 1.807) is 24.3 Å². The number of ether oxygens (including phenoxy) is 1. The summed E-state index contributed by atoms with van der Waals surface area (Å²) in [6.45, 7) is 1.12. The number of nitrogens with zero attached hydrogens (tertiary/aromatic N) is 1. The van der Waals surface area contributed by atoms with Gasteiger partial charge in [0.05, 0.1) is 24.0 Å². The van der Waals surface area contributed by atoms with Crippen LogP contribution in [0.3, 0.4) is 0 Å². The predicted molar refractivity (Wildman–Crippen MR) is 82.7 cm³/mol. The summed E-state index contributed by atoms with van der Waals surface area (Å²) in [6.07, 6.45) is 1.98. The van der Waals surface area contributed by atoms with Crippen LogP contribution in [0.1, 0.15) is 33.6 Å². The fraction of sp³-hybridized carbons (Fsp3) is 0.467. The average molecular weight is 341 g/mol. The third kappa shape index (κ3) is 4.85. The average Bonchev–Trinajstić information content (AvgIpc) is 2.74. The molecular weight excluding hydrogens is 322 g/mol. The lowest BCUT2D eigenvalue weighted by molar-refractivity contribution is 0.0623. The van der Waals surface area contributed by atoms with Gasteiger partial charge in [-0.1, -0.05) is 12.1 Å². The van der Waals surface area contributed by atoms with Gasteiger partial charge in [-0.3, -0.25) is 18.7 Å². The van der Waals surface area contributed by atoms with Crippen molar-refractivity contribution >= 4 is 21.9 Å². The van der Waals surface area contributed by atoms with Crippen molar-refractivity contribution < 1.29 is 26.9 Å². The smallest absolute Gasteiger partial charge is 0.264 e. The molecule has 8 heteroatoms. The number of hydrogen-bond acceptors (Lipinski definition) is 6. The van der Waals surface area contributed by atoms with Gasteiger partial charge in [0.2, 0.25) is 0 Å². The van der Waals surface area contributed by atoms with Crippen LogP contribution in [0.4, 0.5) is 0 Å². The minimum atomic E-state index is -3.41. The second-order valence-electron chi connectivity index (χ2n) is 5.15. The van der Waals surface area contributed by atoms with Gasteiger partial charge in [0.25, 0.3) is 21.9 Å². The maximum atomic E-state index is 12.1. The summed E-state index contributed by atoms with van der Waals surface area (Å²) in [5.41, 5.74) is 0.882. The molecule has 23 heavy (non-hydrogen) atoms. The van der Waals surface area contributed by atoms with Gasteiger partial charge in [-0.2, -0.15) is 8.42 Å². The van der Waals surface area contributed by atoms with Gasteiger partial charge in [-0.15, -0.1) is 0 Å². The summed E-state index contributed by atoms with van der Waals surface area (Å²) in [4.78, 5) is 25.4. The van der Waals surface area contributed by atoms with Gasteiger partial charge in [0, 0.05) is 19.8 Å². The zero-order chi connectivity index (χ0) is 16.9. The van der Waals surface area contributed by atoms with E-state index in [4.69, 9.17) is 4.74 Å². The highest BCUT2D eigenvalue weighted by Gasteiger charge is 2.34. The van der Waals surface area contributed by atoms with E-state index in [2.05, 4.69) is 4.18 Å². The summed E-state index contributed by atoms with van der Waals surface area (Å²) in [5.74, 6) is -0.542. The van der Waals surface area contributed by atoms with Gasteiger partial charge in [0.15, 0.2) is 0 Å². The van der Waals surface area contributed by atoms with Crippen LogP contribution in [0.15, 0.2) is 24.3 Å². The number of hydrogen-bond donors (Lipinski definition) is 0. The van der Waals surface area contributed by atoms with E-state index in [-0.39, 0.29) is 18.4 Å². The third-order valence-electron chi connectivity index (χ3n) is 3.28. The lowest BCUT2D eigenvalue weighted by Gasteiger charge is -2.13. The number of imide groups is 1. The number of amides is 2. The van der Waals surface area contributed by atoms with E-state index >= 15 is 0 Å². The molecule has 0 N–H and O–H groups in total. The van der Waals surface area contributed by atoms with Crippen molar-refractivity contribution in [3.63, 3.8) is 0 Å². The van der Waals surface area contributed by atoms with Crippen LogP contribution in [-0.4, -0.2) is 57.8 Å². The van der Waals surface area contributed by atoms with Crippen LogP contribution in [0.25, 0.3) is 0 Å². The van der Waals surface area contributed by atoms with Crippen LogP contribution in [0.2, 0.25) is 0 Å². The van der Waals surface area contributed by atoms with Crippen molar-refractivity contribution in [3.8, 4) is 0 Å². The summed E-state index contributed by atoms with van der Waals surface area (Å²) >= 11 is 0. The molecule has 2 amide bonds. The molecule has 0 radical (unpaired) electrons. The zero-order valence-corrected chi connectivity index (χ0v) is 13.7. The maximum absolute atomic E-state index is 12.1. The van der Waals surface area contributed by atoms with Gasteiger partial charge in [-0.25, -0.2) is 0 Å². The quantitative estimate of drug-likeness (QED) is 0.379. The minimum Gasteiger partial charge on any atom is -0.381 e. The Kier molecular flexibility index (Phi) is 5.86. The standard InChI is InChI=1S/C15H19NO6S/c1-23(19,20)22-11-5-10-21-9-4-8-16-14(17)12-6-2-3-7-13(12)15(16)18/h2-3,6-7H,4-5,8-11H2,1H3. The van der Waals surface area contributed by atoms with E-state index in [9.17, 15) is 18.0 Å². The van der Waals surface area contributed by atoms with E-state index in [1.807, 2.05) is 0 Å². The highest BCUT2D eigenvalue weighted by Crippen LogP contribution is 2.22. The summed E-state index contributed by atoms with van der Waals surface area (Å²) in [7, 11) is -3.41. The molecule has 1 aliphatic rings. The van der Waals surface area contributed by atoms with Gasteiger partial charge < -0.3 is 4.74 Å². The molecule has 0 saturated heterocycles. The molecule has 1 aliphatic heterocycles. The SMILES string of the molecule is CS(=O)(=O)OCCCOCCCN1C(=O)c2ccccc2C1=O. The van der Waals surface area contributed by atoms with Crippen LogP contribution in [-0.2, 0) is 19.0 Å². The first-order chi connectivity index (χ1) is 10.9. The molecule has 1 aromatic carbocycles. The number of benzene rings is 1. The first-order valence-corrected chi connectivity index (χ1v) is 9.09. The molecule has 0 atom stereocenters. The van der Waals surface area contributed by atoms with Crippen molar-refractivity contribution in [1.29, 1.82) is 0 Å². The molecular formula is C15H19NO6S. The van der Waals surface area contributed by atoms with E-state index in [0.717, 1.165) is 6.26 Å². The molecule has 0 saturated carbocycles. The summed E-state index contributed by atoms with van der Waals surface area (Å²) < 4.78 is 31.4. The molecule has 0 unspecified atom stereocenters. The molecule has 0 bridgehead atoms. The van der Waals surface area contributed by atoms with Crippen LogP contribution >= 0.6 is 0 Å². The topological polar surface area (TPSA) is 90.0 Å². The molecule has 0 aromatic heterocycles. The second-order valence-corrected chi connectivity index (χ2v) is 6.80. The molecule has 1 aromatic rings. The van der Waals surface area contributed by atoms with Crippen molar-refractivity contribution in [3.05, 3.63) is 35.4 Å². The van der Waals surface area contributed by atoms with Gasteiger partial charge in [-0.05, 0) is 25.0 Å². The number of carbonyl (C=O) groups excluding carboxylic acids is 2. The molecule has 126 valence electrons. The maximum Gasteiger partial charge on any atom is 0.264 e. The Balaban J connectivity index is 1.64. The fourth-order valence-corrected chi connectivity index (χ4v) is 2.66. The number of rotatable bonds is 9. The highest BCUT2D eigenvalue weighted by molar-refractivity contribution is 7.85. The van der Waals surface area contributed by atoms with Gasteiger partial charge >= 0.3 is 0 Å². The zero-order valence-electron chi connectivity index (χ0n) is 12.9. The Morgan fingerprint density at radius 3 is 2.09 bits per heavy atom. The lowest BCUT2D eigenvalue weighted by Crippen LogP contribution is -2.31. The van der Waals surface area contributed by atoms with Crippen LogP contribution < -0.4 is 0 Å². The van der Waals surface area contributed by atoms with E-state index in [0.29, 0.717) is 43.7 Å². The predicted octanol–water partition coefficient (Wildman–Crippen LogP) is 1.06. The summed E-state index contributed by atoms with van der Waals surface area (Å²) in [5, 5.41) is 0. The Morgan fingerprint density at radius 1 is 0.957 bits per heavy atom. The van der Waals surface area contributed by atoms with Crippen molar-refractivity contribution in [1.82, 2.24) is 4.90 Å². The Bertz CT molecular complexity index is 650. The third-order valence-corrected chi connectivity index (χ3v) is 3.87. The van der Waals surface area contributed by atoms with Gasteiger partial charge in [0.1, 0.15) is 0 Å². The summed E-state index contributed by atoms with van der Waals surface area (Å²) in [6, 6.07) is 6.76. The van der Waals surface area contributed by atoms with Crippen LogP contribution in [0.5, 0.6) is 0 Å². The normalized spacial score (nSPS) is 14.4. The van der Waals surface area contributed by atoms with E-state index < -0.39 is 10.1 Å². The van der Waals surface area contributed by atoms with E-state index in [1.165, 1.54) is 4.90 Å². The van der Waals surface area contributed by atoms with Crippen molar-refractivity contribution in [2.24, 2.45) is 0 Å². The molecule has 0 aliphatic carbocycles. The molecule has 0 spiro atoms. The van der Waals surface area contributed by atoms with Crippen molar-refractivity contribution in [2.75, 3.05) is 32.6 Å². The van der Waals surface area contributed by atoms with Crippen molar-refractivity contribution in [2.45, 2.75) is 12.8 Å². The number of fused-ring (bicyclic) bond motifs is 1. The first-order valence-electron chi connectivity index (χ1n) is 7.27. The molecule has 2 rings (SSSR count). The monoisotopic (exact) mass is 341 g/mol. The fourth-order valence-electron chi connectivity index (χ4n) is 2.24. The number of carbonyl (C=O) groups is 2. The Hall–Kier alpha value is -1.77. The molecule has 0 fully saturated rings. The minimum absolute atomic E-state index is 0.0806. The first kappa shape index (κ1) is 17.6. The van der Waals surface area contributed by atoms with Crippen LogP contribution in [0, 0.1) is 0 Å². The Labute approximate surface area is 135 Å². The lowest BCUT2D eigenvalue weighted by atomic mass is 10.1. The Morgan fingerprint density at radius 2 is 1.52 bits per heavy atom. The largest absolute Gasteiger partial charge is 0.381 e. The molecule has 7 nitrogen and oxygen atoms in total. The highest BCUT2D eigenvalue weighted by atomic mass is 32.2. The second kappa shape index (κ2) is 7.67. The molecule has 1 heterocycles.